The number of anilines is 1. The van der Waals surface area contributed by atoms with Crippen molar-refractivity contribution in [1.82, 2.24) is 4.98 Å². The van der Waals surface area contributed by atoms with Gasteiger partial charge in [0, 0.05) is 23.6 Å². The first-order valence-electron chi connectivity index (χ1n) is 9.65. The summed E-state index contributed by atoms with van der Waals surface area (Å²) < 4.78 is 10.4. The number of hydrogen-bond acceptors (Lipinski definition) is 6. The molecular weight excluding hydrogens is 432 g/mol. The van der Waals surface area contributed by atoms with Crippen molar-refractivity contribution in [2.45, 2.75) is 6.04 Å². The van der Waals surface area contributed by atoms with Crippen molar-refractivity contribution < 1.29 is 24.2 Å². The van der Waals surface area contributed by atoms with Crippen LogP contribution < -0.4 is 14.4 Å². The normalized spacial score (nSPS) is 17.5. The Morgan fingerprint density at radius 2 is 1.69 bits per heavy atom. The van der Waals surface area contributed by atoms with Gasteiger partial charge in [-0.2, -0.15) is 0 Å². The molecule has 32 heavy (non-hydrogen) atoms. The number of amides is 1. The third kappa shape index (κ3) is 3.67. The highest BCUT2D eigenvalue weighted by Crippen LogP contribution is 2.42. The van der Waals surface area contributed by atoms with E-state index in [2.05, 4.69) is 4.98 Å². The van der Waals surface area contributed by atoms with Gasteiger partial charge < -0.3 is 14.6 Å². The van der Waals surface area contributed by atoms with Gasteiger partial charge >= 0.3 is 0 Å². The first kappa shape index (κ1) is 21.4. The lowest BCUT2D eigenvalue weighted by Crippen LogP contribution is -2.29. The van der Waals surface area contributed by atoms with Gasteiger partial charge in [-0.1, -0.05) is 11.6 Å². The van der Waals surface area contributed by atoms with Crippen LogP contribution >= 0.6 is 11.6 Å². The molecule has 4 rings (SSSR count). The molecule has 0 bridgehead atoms. The van der Waals surface area contributed by atoms with Gasteiger partial charge in [-0.15, -0.1) is 0 Å². The molecule has 1 saturated heterocycles. The number of ether oxygens (including phenoxy) is 2. The quantitative estimate of drug-likeness (QED) is 0.352. The highest BCUT2D eigenvalue weighted by molar-refractivity contribution is 6.51. The summed E-state index contributed by atoms with van der Waals surface area (Å²) in [6.07, 6.45) is 3.13. The molecule has 0 aliphatic carbocycles. The van der Waals surface area contributed by atoms with Gasteiger partial charge in [0.2, 0.25) is 0 Å². The number of aliphatic hydroxyl groups is 1. The number of methoxy groups -OCH3 is 2. The molecule has 1 aromatic heterocycles. The van der Waals surface area contributed by atoms with E-state index in [9.17, 15) is 14.7 Å². The maximum Gasteiger partial charge on any atom is 0.300 e. The Morgan fingerprint density at radius 1 is 1.00 bits per heavy atom. The van der Waals surface area contributed by atoms with Crippen molar-refractivity contribution in [3.05, 3.63) is 88.7 Å². The van der Waals surface area contributed by atoms with Gasteiger partial charge in [0.25, 0.3) is 11.7 Å². The van der Waals surface area contributed by atoms with Crippen molar-refractivity contribution in [1.29, 1.82) is 0 Å². The van der Waals surface area contributed by atoms with Crippen molar-refractivity contribution in [3.8, 4) is 11.5 Å². The maximum atomic E-state index is 13.1. The second kappa shape index (κ2) is 8.72. The van der Waals surface area contributed by atoms with E-state index >= 15 is 0 Å². The number of aliphatic hydroxyl groups excluding tert-OH is 1. The van der Waals surface area contributed by atoms with Crippen LogP contribution in [0.2, 0.25) is 5.02 Å². The molecule has 1 aliphatic rings. The summed E-state index contributed by atoms with van der Waals surface area (Å²) in [7, 11) is 2.99. The molecule has 8 heteroatoms. The minimum Gasteiger partial charge on any atom is -0.507 e. The number of carbonyl (C=O) groups excluding carboxylic acids is 2. The Kier molecular flexibility index (Phi) is 5.83. The number of aromatic nitrogens is 1. The number of rotatable bonds is 5. The first-order valence-corrected chi connectivity index (χ1v) is 10.0. The lowest BCUT2D eigenvalue weighted by Gasteiger charge is -2.25. The van der Waals surface area contributed by atoms with E-state index in [1.54, 1.807) is 68.0 Å². The Balaban J connectivity index is 1.91. The number of hydrogen-bond donors (Lipinski definition) is 1. The number of carbonyl (C=O) groups is 2. The van der Waals surface area contributed by atoms with Gasteiger partial charge in [0.15, 0.2) is 0 Å². The SMILES string of the molecule is COc1ccc(N2C(=O)C(=O)/C(=C(\O)c3ccc(Cl)c(OC)c3)C2c2ccncc2)cc1. The predicted octanol–water partition coefficient (Wildman–Crippen LogP) is 4.38. The van der Waals surface area contributed by atoms with E-state index in [1.807, 2.05) is 0 Å². The molecule has 3 aromatic rings. The van der Waals surface area contributed by atoms with E-state index in [1.165, 1.54) is 18.1 Å². The maximum absolute atomic E-state index is 13.1. The molecule has 1 aliphatic heterocycles. The molecule has 2 heterocycles. The highest BCUT2D eigenvalue weighted by Gasteiger charge is 2.47. The van der Waals surface area contributed by atoms with Gasteiger partial charge in [0.05, 0.1) is 30.9 Å². The summed E-state index contributed by atoms with van der Waals surface area (Å²) >= 11 is 6.10. The third-order valence-corrected chi connectivity index (χ3v) is 5.55. The lowest BCUT2D eigenvalue weighted by molar-refractivity contribution is -0.132. The summed E-state index contributed by atoms with van der Waals surface area (Å²) in [5, 5.41) is 11.5. The molecule has 162 valence electrons. The van der Waals surface area contributed by atoms with Crippen LogP contribution in [0.15, 0.2) is 72.6 Å². The Labute approximate surface area is 189 Å². The number of Topliss-reactive ketones (excluding diaryl/α,β-unsaturated/α-hetero) is 1. The van der Waals surface area contributed by atoms with Crippen LogP contribution in [0.5, 0.6) is 11.5 Å². The van der Waals surface area contributed by atoms with Crippen LogP contribution in [0.1, 0.15) is 17.2 Å². The molecule has 1 fully saturated rings. The number of pyridine rings is 1. The lowest BCUT2D eigenvalue weighted by atomic mass is 9.95. The van der Waals surface area contributed by atoms with Crippen LogP contribution in [0, 0.1) is 0 Å². The summed E-state index contributed by atoms with van der Waals surface area (Å²) in [4.78, 5) is 31.6. The first-order chi connectivity index (χ1) is 15.5. The van der Waals surface area contributed by atoms with Crippen molar-refractivity contribution in [2.75, 3.05) is 19.1 Å². The smallest absolute Gasteiger partial charge is 0.300 e. The Bertz CT molecular complexity index is 1210. The van der Waals surface area contributed by atoms with Crippen molar-refractivity contribution in [3.63, 3.8) is 0 Å². The molecule has 0 saturated carbocycles. The van der Waals surface area contributed by atoms with Crippen LogP contribution in [0.3, 0.4) is 0 Å². The van der Waals surface area contributed by atoms with Crippen LogP contribution in [-0.2, 0) is 9.59 Å². The summed E-state index contributed by atoms with van der Waals surface area (Å²) in [6.45, 7) is 0. The molecule has 1 atom stereocenters. The molecule has 7 nitrogen and oxygen atoms in total. The van der Waals surface area contributed by atoms with E-state index in [0.29, 0.717) is 33.3 Å². The van der Waals surface area contributed by atoms with Gasteiger partial charge in [0.1, 0.15) is 17.3 Å². The fourth-order valence-electron chi connectivity index (χ4n) is 3.67. The Hall–Kier alpha value is -3.84. The average molecular weight is 451 g/mol. The molecule has 1 amide bonds. The predicted molar refractivity (Wildman–Crippen MR) is 120 cm³/mol. The minimum absolute atomic E-state index is 0.0404. The topological polar surface area (TPSA) is 89.0 Å². The molecule has 0 spiro atoms. The third-order valence-electron chi connectivity index (χ3n) is 5.24. The van der Waals surface area contributed by atoms with Gasteiger partial charge in [-0.05, 0) is 60.2 Å². The monoisotopic (exact) mass is 450 g/mol. The van der Waals surface area contributed by atoms with Crippen LogP contribution in [0.4, 0.5) is 5.69 Å². The Morgan fingerprint density at radius 3 is 2.31 bits per heavy atom. The van der Waals surface area contributed by atoms with E-state index < -0.39 is 17.7 Å². The van der Waals surface area contributed by atoms with E-state index in [4.69, 9.17) is 21.1 Å². The summed E-state index contributed by atoms with van der Waals surface area (Å²) in [5.74, 6) is -0.927. The summed E-state index contributed by atoms with van der Waals surface area (Å²) in [5.41, 5.74) is 1.37. The number of ketones is 1. The second-order valence-corrected chi connectivity index (χ2v) is 7.40. The van der Waals surface area contributed by atoms with Crippen LogP contribution in [0.25, 0.3) is 5.76 Å². The molecule has 1 unspecified atom stereocenters. The zero-order valence-corrected chi connectivity index (χ0v) is 18.0. The zero-order valence-electron chi connectivity index (χ0n) is 17.3. The zero-order chi connectivity index (χ0) is 22.8. The second-order valence-electron chi connectivity index (χ2n) is 7.00. The van der Waals surface area contributed by atoms with Crippen molar-refractivity contribution >= 4 is 34.7 Å². The van der Waals surface area contributed by atoms with Crippen LogP contribution in [-0.4, -0.2) is 36.0 Å². The molecule has 0 radical (unpaired) electrons. The summed E-state index contributed by atoms with van der Waals surface area (Å²) in [6, 6.07) is 13.9. The van der Waals surface area contributed by atoms with E-state index in [-0.39, 0.29) is 11.3 Å². The highest BCUT2D eigenvalue weighted by atomic mass is 35.5. The fourth-order valence-corrected chi connectivity index (χ4v) is 3.86. The number of nitrogens with zero attached hydrogens (tertiary/aromatic N) is 2. The molecule has 2 aromatic carbocycles. The van der Waals surface area contributed by atoms with Crippen molar-refractivity contribution in [2.24, 2.45) is 0 Å². The minimum atomic E-state index is -0.854. The fraction of sp³-hybridized carbons (Fsp3) is 0.125. The largest absolute Gasteiger partial charge is 0.507 e. The number of benzene rings is 2. The molecular formula is C24H19ClN2O5. The average Bonchev–Trinajstić information content (AvgIpc) is 3.10. The van der Waals surface area contributed by atoms with E-state index in [0.717, 1.165) is 0 Å². The standard InChI is InChI=1S/C24H19ClN2O5/c1-31-17-6-4-16(5-7-17)27-21(14-9-11-26-12-10-14)20(23(29)24(27)30)22(28)15-3-8-18(25)19(13-15)32-2/h3-13,21,28H,1-2H3/b22-20-. The number of halogens is 1. The van der Waals surface area contributed by atoms with Gasteiger partial charge in [-0.3, -0.25) is 19.5 Å². The molecule has 1 N–H and O–H groups in total. The van der Waals surface area contributed by atoms with Gasteiger partial charge in [-0.25, -0.2) is 0 Å².